The van der Waals surface area contributed by atoms with E-state index in [1.807, 2.05) is 30.3 Å². The van der Waals surface area contributed by atoms with Gasteiger partial charge in [-0.1, -0.05) is 30.3 Å². The van der Waals surface area contributed by atoms with Crippen LogP contribution in [0.25, 0.3) is 22.4 Å². The molecular formula is C15H15N2O+. The number of nitrogens with zero attached hydrogens (tertiary/aromatic N) is 1. The second-order valence-corrected chi connectivity index (χ2v) is 4.20. The van der Waals surface area contributed by atoms with Crippen molar-refractivity contribution in [3.63, 3.8) is 0 Å². The van der Waals surface area contributed by atoms with Gasteiger partial charge in [-0.15, -0.1) is 0 Å². The molecular weight excluding hydrogens is 224 g/mol. The van der Waals surface area contributed by atoms with E-state index in [0.29, 0.717) is 6.73 Å². The van der Waals surface area contributed by atoms with Crippen LogP contribution in [-0.2, 0) is 11.5 Å². The van der Waals surface area contributed by atoms with Crippen LogP contribution in [0.3, 0.4) is 0 Å². The summed E-state index contributed by atoms with van der Waals surface area (Å²) < 4.78 is 7.44. The number of methoxy groups -OCH3 is 1. The van der Waals surface area contributed by atoms with E-state index in [1.54, 1.807) is 7.11 Å². The quantitative estimate of drug-likeness (QED) is 0.699. The van der Waals surface area contributed by atoms with Crippen molar-refractivity contribution >= 4 is 11.0 Å². The Morgan fingerprint density at radius 1 is 1.00 bits per heavy atom. The summed E-state index contributed by atoms with van der Waals surface area (Å²) in [7, 11) is 1.71. The lowest BCUT2D eigenvalue weighted by Gasteiger charge is -2.00. The standard InChI is InChI=1S/C15H14N2O/c1-18-11-17-14-10-6-5-9-13(14)16-15(17)12-7-3-2-4-8-12/h2-10H,11H2,1H3/p+1. The molecule has 0 aliphatic heterocycles. The third kappa shape index (κ3) is 1.79. The fraction of sp³-hybridized carbons (Fsp3) is 0.133. The van der Waals surface area contributed by atoms with Crippen LogP contribution in [0.5, 0.6) is 0 Å². The van der Waals surface area contributed by atoms with Crippen molar-refractivity contribution in [2.24, 2.45) is 0 Å². The number of H-pyrrole nitrogens is 1. The first-order chi connectivity index (χ1) is 8.90. The lowest BCUT2D eigenvalue weighted by molar-refractivity contribution is -0.697. The van der Waals surface area contributed by atoms with Gasteiger partial charge < -0.3 is 4.74 Å². The molecule has 0 amide bonds. The van der Waals surface area contributed by atoms with E-state index >= 15 is 0 Å². The van der Waals surface area contributed by atoms with E-state index in [1.165, 1.54) is 0 Å². The predicted molar refractivity (Wildman–Crippen MR) is 70.9 cm³/mol. The molecule has 0 atom stereocenters. The molecule has 0 saturated carbocycles. The topological polar surface area (TPSA) is 28.9 Å². The number of aromatic nitrogens is 2. The molecule has 0 unspecified atom stereocenters. The Labute approximate surface area is 106 Å². The van der Waals surface area contributed by atoms with Crippen molar-refractivity contribution in [1.29, 1.82) is 0 Å². The lowest BCUT2D eigenvalue weighted by Crippen LogP contribution is -2.35. The first-order valence-corrected chi connectivity index (χ1v) is 5.95. The van der Waals surface area contributed by atoms with Crippen LogP contribution in [0.4, 0.5) is 0 Å². The van der Waals surface area contributed by atoms with Crippen LogP contribution in [-0.4, -0.2) is 12.1 Å². The Hall–Kier alpha value is -2.13. The summed E-state index contributed by atoms with van der Waals surface area (Å²) in [6, 6.07) is 18.5. The molecule has 0 aliphatic carbocycles. The van der Waals surface area contributed by atoms with Crippen LogP contribution < -0.4 is 4.57 Å². The van der Waals surface area contributed by atoms with E-state index < -0.39 is 0 Å². The number of ether oxygens (including phenoxy) is 1. The van der Waals surface area contributed by atoms with E-state index in [9.17, 15) is 0 Å². The molecule has 1 heterocycles. The molecule has 3 heteroatoms. The number of nitrogens with one attached hydrogen (secondary N) is 1. The van der Waals surface area contributed by atoms with E-state index in [2.05, 4.69) is 33.8 Å². The van der Waals surface area contributed by atoms with Gasteiger partial charge in [0.05, 0.1) is 5.56 Å². The highest BCUT2D eigenvalue weighted by Gasteiger charge is 2.18. The van der Waals surface area contributed by atoms with Crippen LogP contribution >= 0.6 is 0 Å². The van der Waals surface area contributed by atoms with E-state index in [4.69, 9.17) is 4.74 Å². The molecule has 2 aromatic carbocycles. The average molecular weight is 239 g/mol. The van der Waals surface area contributed by atoms with Gasteiger partial charge in [-0.05, 0) is 24.3 Å². The summed E-state index contributed by atoms with van der Waals surface area (Å²) in [5, 5.41) is 0. The zero-order chi connectivity index (χ0) is 12.4. The molecule has 0 saturated heterocycles. The van der Waals surface area contributed by atoms with Gasteiger partial charge in [-0.25, -0.2) is 4.98 Å². The van der Waals surface area contributed by atoms with Crippen molar-refractivity contribution in [1.82, 2.24) is 4.98 Å². The third-order valence-corrected chi connectivity index (χ3v) is 3.02. The maximum atomic E-state index is 5.30. The van der Waals surface area contributed by atoms with Crippen molar-refractivity contribution in [2.75, 3.05) is 7.11 Å². The molecule has 1 N–H and O–H groups in total. The highest BCUT2D eigenvalue weighted by atomic mass is 16.5. The summed E-state index contributed by atoms with van der Waals surface area (Å²) in [6.45, 7) is 0.536. The van der Waals surface area contributed by atoms with Gasteiger partial charge in [0.25, 0.3) is 5.82 Å². The van der Waals surface area contributed by atoms with Crippen LogP contribution in [0.15, 0.2) is 54.6 Å². The molecule has 18 heavy (non-hydrogen) atoms. The molecule has 90 valence electrons. The normalized spacial score (nSPS) is 10.9. The molecule has 0 spiro atoms. The summed E-state index contributed by atoms with van der Waals surface area (Å²) >= 11 is 0. The fourth-order valence-electron chi connectivity index (χ4n) is 2.22. The summed E-state index contributed by atoms with van der Waals surface area (Å²) in [4.78, 5) is 3.45. The Kier molecular flexibility index (Phi) is 2.82. The molecule has 0 fully saturated rings. The molecule has 1 aromatic heterocycles. The maximum absolute atomic E-state index is 5.30. The van der Waals surface area contributed by atoms with Crippen LogP contribution in [0, 0.1) is 0 Å². The number of hydrogen-bond acceptors (Lipinski definition) is 1. The first-order valence-electron chi connectivity index (χ1n) is 5.95. The minimum atomic E-state index is 0.536. The SMILES string of the molecule is COC[n+]1c(-c2ccccc2)[nH]c2ccccc21. The van der Waals surface area contributed by atoms with Crippen LogP contribution in [0.2, 0.25) is 0 Å². The highest BCUT2D eigenvalue weighted by molar-refractivity contribution is 5.74. The zero-order valence-electron chi connectivity index (χ0n) is 10.3. The highest BCUT2D eigenvalue weighted by Crippen LogP contribution is 2.18. The van der Waals surface area contributed by atoms with Crippen molar-refractivity contribution in [3.05, 3.63) is 54.6 Å². The van der Waals surface area contributed by atoms with Gasteiger partial charge in [0, 0.05) is 7.11 Å². The number of aromatic amines is 1. The van der Waals surface area contributed by atoms with Gasteiger partial charge in [0.2, 0.25) is 0 Å². The lowest BCUT2D eigenvalue weighted by atomic mass is 10.2. The second-order valence-electron chi connectivity index (χ2n) is 4.20. The smallest absolute Gasteiger partial charge is 0.289 e. The average Bonchev–Trinajstić information content (AvgIpc) is 2.80. The Morgan fingerprint density at radius 2 is 1.72 bits per heavy atom. The number of rotatable bonds is 3. The van der Waals surface area contributed by atoms with Crippen molar-refractivity contribution < 1.29 is 9.30 Å². The number of hydrogen-bond donors (Lipinski definition) is 1. The fourth-order valence-corrected chi connectivity index (χ4v) is 2.22. The summed E-state index contributed by atoms with van der Waals surface area (Å²) in [6.07, 6.45) is 0. The molecule has 0 aliphatic rings. The minimum absolute atomic E-state index is 0.536. The van der Waals surface area contributed by atoms with Crippen LogP contribution in [0.1, 0.15) is 0 Å². The largest absolute Gasteiger partial charge is 0.345 e. The summed E-state index contributed by atoms with van der Waals surface area (Å²) in [5.41, 5.74) is 3.43. The van der Waals surface area contributed by atoms with E-state index in [-0.39, 0.29) is 0 Å². The van der Waals surface area contributed by atoms with Gasteiger partial charge in [-0.2, -0.15) is 4.57 Å². The van der Waals surface area contributed by atoms with E-state index in [0.717, 1.165) is 22.4 Å². The predicted octanol–water partition coefficient (Wildman–Crippen LogP) is 2.73. The first kappa shape index (κ1) is 11.0. The number of fused-ring (bicyclic) bond motifs is 1. The Morgan fingerprint density at radius 3 is 2.50 bits per heavy atom. The van der Waals surface area contributed by atoms with Gasteiger partial charge in [-0.3, -0.25) is 0 Å². The van der Waals surface area contributed by atoms with Gasteiger partial charge in [0.15, 0.2) is 17.8 Å². The number of imidazole rings is 1. The molecule has 3 aromatic rings. The molecule has 0 bridgehead atoms. The third-order valence-electron chi connectivity index (χ3n) is 3.02. The monoisotopic (exact) mass is 239 g/mol. The molecule has 3 rings (SSSR count). The zero-order valence-corrected chi connectivity index (χ0v) is 10.3. The minimum Gasteiger partial charge on any atom is -0.345 e. The second kappa shape index (κ2) is 4.63. The molecule has 0 radical (unpaired) electrons. The summed E-state index contributed by atoms with van der Waals surface area (Å²) in [5.74, 6) is 1.07. The Bertz CT molecular complexity index is 659. The Balaban J connectivity index is 2.25. The maximum Gasteiger partial charge on any atom is 0.289 e. The number of benzene rings is 2. The van der Waals surface area contributed by atoms with Gasteiger partial charge >= 0.3 is 0 Å². The van der Waals surface area contributed by atoms with Crippen molar-refractivity contribution in [3.8, 4) is 11.4 Å². The molecule has 3 nitrogen and oxygen atoms in total. The van der Waals surface area contributed by atoms with Gasteiger partial charge in [0.1, 0.15) is 0 Å². The number of para-hydroxylation sites is 2. The van der Waals surface area contributed by atoms with Crippen molar-refractivity contribution in [2.45, 2.75) is 6.73 Å².